The van der Waals surface area contributed by atoms with Crippen LogP contribution in [0.15, 0.2) is 34.9 Å². The smallest absolute Gasteiger partial charge is 0.350 e. The molecule has 9 heteroatoms. The van der Waals surface area contributed by atoms with E-state index in [0.29, 0.717) is 38.8 Å². The third kappa shape index (κ3) is 4.53. The number of esters is 1. The Balaban J connectivity index is 1.59. The molecule has 27 heavy (non-hydrogen) atoms. The molecule has 0 spiro atoms. The third-order valence-corrected chi connectivity index (χ3v) is 5.06. The van der Waals surface area contributed by atoms with Gasteiger partial charge in [0.05, 0.1) is 24.0 Å². The molecule has 0 aliphatic heterocycles. The average molecular weight is 406 g/mol. The Morgan fingerprint density at radius 1 is 1.33 bits per heavy atom. The van der Waals surface area contributed by atoms with Gasteiger partial charge in [-0.25, -0.2) is 14.8 Å². The second kappa shape index (κ2) is 8.32. The van der Waals surface area contributed by atoms with Gasteiger partial charge in [-0.1, -0.05) is 35.1 Å². The number of hydrogen-bond acceptors (Lipinski definition) is 7. The highest BCUT2D eigenvalue weighted by molar-refractivity contribution is 7.17. The molecule has 0 aliphatic carbocycles. The van der Waals surface area contributed by atoms with Crippen LogP contribution in [0.3, 0.4) is 0 Å². The lowest BCUT2D eigenvalue weighted by atomic mass is 10.2. The molecule has 140 valence electrons. The van der Waals surface area contributed by atoms with Crippen LogP contribution in [0.25, 0.3) is 11.3 Å². The molecule has 0 fully saturated rings. The summed E-state index contributed by atoms with van der Waals surface area (Å²) >= 11 is 7.22. The highest BCUT2D eigenvalue weighted by Crippen LogP contribution is 2.28. The second-order valence-corrected chi connectivity index (χ2v) is 6.98. The molecule has 2 heterocycles. The number of amides is 1. The summed E-state index contributed by atoms with van der Waals surface area (Å²) in [5.41, 5.74) is 1.26. The minimum atomic E-state index is -0.475. The lowest BCUT2D eigenvalue weighted by Gasteiger charge is -2.00. The minimum Gasteiger partial charge on any atom is -0.465 e. The molecule has 3 aromatic rings. The maximum Gasteiger partial charge on any atom is 0.350 e. The van der Waals surface area contributed by atoms with E-state index in [1.807, 2.05) is 18.2 Å². The Bertz CT molecular complexity index is 983. The van der Waals surface area contributed by atoms with E-state index in [1.54, 1.807) is 19.2 Å². The van der Waals surface area contributed by atoms with Crippen molar-refractivity contribution in [2.45, 2.75) is 19.8 Å². The van der Waals surface area contributed by atoms with Crippen molar-refractivity contribution >= 4 is 39.9 Å². The quantitative estimate of drug-likeness (QED) is 0.620. The molecular formula is C18H16ClN3O4S. The number of aryl methyl sites for hydroxylation is 2. The molecule has 0 aliphatic rings. The predicted octanol–water partition coefficient (Wildman–Crippen LogP) is 4.12. The lowest BCUT2D eigenvalue weighted by Crippen LogP contribution is -2.12. The SMILES string of the molecule is COC(=O)c1sc(NC(=O)CCc2ncc(-c3ccccc3Cl)o2)nc1C. The highest BCUT2D eigenvalue weighted by atomic mass is 35.5. The van der Waals surface area contributed by atoms with Crippen LogP contribution in [-0.4, -0.2) is 29.0 Å². The number of rotatable bonds is 6. The fourth-order valence-electron chi connectivity index (χ4n) is 2.35. The highest BCUT2D eigenvalue weighted by Gasteiger charge is 2.17. The van der Waals surface area contributed by atoms with Gasteiger partial charge in [0.2, 0.25) is 5.91 Å². The van der Waals surface area contributed by atoms with Crippen LogP contribution in [0.2, 0.25) is 5.02 Å². The molecule has 2 aromatic heterocycles. The number of ether oxygens (including phenoxy) is 1. The third-order valence-electron chi connectivity index (χ3n) is 3.67. The van der Waals surface area contributed by atoms with Gasteiger partial charge >= 0.3 is 5.97 Å². The van der Waals surface area contributed by atoms with Crippen LogP contribution >= 0.6 is 22.9 Å². The molecule has 0 unspecified atom stereocenters. The number of anilines is 1. The molecule has 7 nitrogen and oxygen atoms in total. The van der Waals surface area contributed by atoms with Gasteiger partial charge in [0.15, 0.2) is 16.8 Å². The molecule has 0 radical (unpaired) electrons. The van der Waals surface area contributed by atoms with Crippen molar-refractivity contribution in [3.63, 3.8) is 0 Å². The summed E-state index contributed by atoms with van der Waals surface area (Å²) in [4.78, 5) is 32.4. The number of hydrogen-bond donors (Lipinski definition) is 1. The maximum atomic E-state index is 12.1. The fourth-order valence-corrected chi connectivity index (χ4v) is 3.48. The van der Waals surface area contributed by atoms with Crippen LogP contribution in [0.1, 0.15) is 27.7 Å². The van der Waals surface area contributed by atoms with E-state index >= 15 is 0 Å². The van der Waals surface area contributed by atoms with Gasteiger partial charge in [-0.3, -0.25) is 4.79 Å². The molecule has 3 rings (SSSR count). The number of carbonyl (C=O) groups is 2. The Morgan fingerprint density at radius 3 is 2.85 bits per heavy atom. The molecule has 0 bridgehead atoms. The zero-order chi connectivity index (χ0) is 19.4. The minimum absolute atomic E-state index is 0.161. The number of methoxy groups -OCH3 is 1. The van der Waals surface area contributed by atoms with Gasteiger partial charge in [-0.05, 0) is 19.1 Å². The topological polar surface area (TPSA) is 94.3 Å². The summed E-state index contributed by atoms with van der Waals surface area (Å²) in [5, 5.41) is 3.59. The van der Waals surface area contributed by atoms with Crippen molar-refractivity contribution in [1.82, 2.24) is 9.97 Å². The predicted molar refractivity (Wildman–Crippen MR) is 102 cm³/mol. The summed E-state index contributed by atoms with van der Waals surface area (Å²) in [5.74, 6) is 0.259. The first-order valence-corrected chi connectivity index (χ1v) is 9.22. The molecule has 0 atom stereocenters. The molecule has 0 saturated carbocycles. The van der Waals surface area contributed by atoms with Gasteiger partial charge in [-0.2, -0.15) is 0 Å². The molecule has 0 saturated heterocycles. The standard InChI is InChI=1S/C18H16ClN3O4S/c1-10-16(17(24)25-2)27-18(21-10)22-14(23)7-8-15-20-9-13(26-15)11-5-3-4-6-12(11)19/h3-6,9H,7-8H2,1-2H3,(H,21,22,23). The zero-order valence-corrected chi connectivity index (χ0v) is 16.2. The van der Waals surface area contributed by atoms with E-state index in [-0.39, 0.29) is 12.3 Å². The summed E-state index contributed by atoms with van der Waals surface area (Å²) in [6.45, 7) is 1.68. The van der Waals surface area contributed by atoms with E-state index in [2.05, 4.69) is 20.0 Å². The summed E-state index contributed by atoms with van der Waals surface area (Å²) in [6, 6.07) is 7.29. The average Bonchev–Trinajstić information content (AvgIpc) is 3.26. The first-order valence-electron chi connectivity index (χ1n) is 8.03. The van der Waals surface area contributed by atoms with Crippen LogP contribution in [0.5, 0.6) is 0 Å². The van der Waals surface area contributed by atoms with E-state index in [1.165, 1.54) is 7.11 Å². The van der Waals surface area contributed by atoms with Gasteiger partial charge < -0.3 is 14.5 Å². The Hall–Kier alpha value is -2.71. The van der Waals surface area contributed by atoms with E-state index in [9.17, 15) is 9.59 Å². The molecule has 1 aromatic carbocycles. The maximum absolute atomic E-state index is 12.1. The second-order valence-electron chi connectivity index (χ2n) is 5.57. The molecule has 1 N–H and O–H groups in total. The number of oxazole rings is 1. The van der Waals surface area contributed by atoms with E-state index in [0.717, 1.165) is 16.9 Å². The Labute approximate surface area is 164 Å². The largest absolute Gasteiger partial charge is 0.465 e. The van der Waals surface area contributed by atoms with Crippen molar-refractivity contribution in [3.8, 4) is 11.3 Å². The number of nitrogens with zero attached hydrogens (tertiary/aromatic N) is 2. The number of aromatic nitrogens is 2. The normalized spacial score (nSPS) is 10.6. The van der Waals surface area contributed by atoms with Gasteiger partial charge in [0, 0.05) is 18.4 Å². The molecular weight excluding hydrogens is 390 g/mol. The van der Waals surface area contributed by atoms with Crippen LogP contribution in [0, 0.1) is 6.92 Å². The monoisotopic (exact) mass is 405 g/mol. The van der Waals surface area contributed by atoms with E-state index < -0.39 is 5.97 Å². The number of thiazole rings is 1. The number of nitrogens with one attached hydrogen (secondary N) is 1. The first-order chi connectivity index (χ1) is 13.0. The summed E-state index contributed by atoms with van der Waals surface area (Å²) in [7, 11) is 1.30. The lowest BCUT2D eigenvalue weighted by molar-refractivity contribution is -0.116. The van der Waals surface area contributed by atoms with Crippen molar-refractivity contribution in [2.75, 3.05) is 12.4 Å². The van der Waals surface area contributed by atoms with Gasteiger partial charge in [-0.15, -0.1) is 0 Å². The number of benzene rings is 1. The molecule has 1 amide bonds. The van der Waals surface area contributed by atoms with Crippen molar-refractivity contribution in [3.05, 3.63) is 51.9 Å². The van der Waals surface area contributed by atoms with E-state index in [4.69, 9.17) is 16.0 Å². The summed E-state index contributed by atoms with van der Waals surface area (Å²) < 4.78 is 10.3. The first kappa shape index (κ1) is 19.1. The van der Waals surface area contributed by atoms with Crippen LogP contribution < -0.4 is 5.32 Å². The fraction of sp³-hybridized carbons (Fsp3) is 0.222. The number of halogens is 1. The number of carbonyl (C=O) groups excluding carboxylic acids is 2. The van der Waals surface area contributed by atoms with Gasteiger partial charge in [0.25, 0.3) is 0 Å². The van der Waals surface area contributed by atoms with Crippen LogP contribution in [0.4, 0.5) is 5.13 Å². The Morgan fingerprint density at radius 2 is 2.11 bits per heavy atom. The van der Waals surface area contributed by atoms with Crippen LogP contribution in [-0.2, 0) is 16.0 Å². The van der Waals surface area contributed by atoms with Crippen molar-refractivity contribution in [1.29, 1.82) is 0 Å². The summed E-state index contributed by atoms with van der Waals surface area (Å²) in [6.07, 6.45) is 2.07. The Kier molecular flexibility index (Phi) is 5.88. The van der Waals surface area contributed by atoms with Gasteiger partial charge in [0.1, 0.15) is 4.88 Å². The van der Waals surface area contributed by atoms with Crippen molar-refractivity contribution in [2.24, 2.45) is 0 Å². The zero-order valence-electron chi connectivity index (χ0n) is 14.6. The van der Waals surface area contributed by atoms with Crippen molar-refractivity contribution < 1.29 is 18.7 Å².